The summed E-state index contributed by atoms with van der Waals surface area (Å²) in [5.74, 6) is 0. The van der Waals surface area contributed by atoms with Gasteiger partial charge in [-0.15, -0.1) is 0 Å². The molecule has 0 aliphatic heterocycles. The average Bonchev–Trinajstić information content (AvgIpc) is 2.26. The van der Waals surface area contributed by atoms with Gasteiger partial charge in [-0.25, -0.2) is 8.42 Å². The van der Waals surface area contributed by atoms with Crippen LogP contribution in [0.5, 0.6) is 0 Å². The van der Waals surface area contributed by atoms with Crippen molar-refractivity contribution < 1.29 is 8.42 Å². The zero-order valence-corrected chi connectivity index (χ0v) is 14.1. The summed E-state index contributed by atoms with van der Waals surface area (Å²) >= 11 is 6.64. The fourth-order valence-corrected chi connectivity index (χ4v) is 5.52. The Morgan fingerprint density at radius 1 is 1.06 bits per heavy atom. The number of rotatable bonds is 9. The fourth-order valence-electron chi connectivity index (χ4n) is 1.66. The molecule has 0 saturated carbocycles. The van der Waals surface area contributed by atoms with Crippen molar-refractivity contribution in [2.45, 2.75) is 62.4 Å². The van der Waals surface area contributed by atoms with Gasteiger partial charge >= 0.3 is 0 Å². The summed E-state index contributed by atoms with van der Waals surface area (Å²) in [7, 11) is -2.99. The van der Waals surface area contributed by atoms with Crippen molar-refractivity contribution in [1.29, 1.82) is 0 Å². The molecular weight excluding hydrogens is 356 g/mol. The van der Waals surface area contributed by atoms with Crippen LogP contribution in [0.15, 0.2) is 0 Å². The van der Waals surface area contributed by atoms with Crippen LogP contribution in [0.1, 0.15) is 52.4 Å². The van der Waals surface area contributed by atoms with Gasteiger partial charge in [0, 0.05) is 4.83 Å². The molecule has 0 radical (unpaired) electrons. The third-order valence-corrected chi connectivity index (χ3v) is 7.84. The summed E-state index contributed by atoms with van der Waals surface area (Å²) in [5.41, 5.74) is 0. The van der Waals surface area contributed by atoms with Gasteiger partial charge in [0.2, 0.25) is 0 Å². The number of halogens is 2. The molecule has 0 saturated heterocycles. The molecule has 0 heterocycles. The minimum atomic E-state index is -2.99. The Labute approximate surface area is 117 Å². The molecule has 0 rings (SSSR count). The van der Waals surface area contributed by atoms with Crippen LogP contribution in [0, 0.1) is 0 Å². The highest BCUT2D eigenvalue weighted by Gasteiger charge is 2.30. The lowest BCUT2D eigenvalue weighted by atomic mass is 10.1. The summed E-state index contributed by atoms with van der Waals surface area (Å²) in [4.78, 5) is 0.0987. The first-order valence-corrected chi connectivity index (χ1v) is 9.66. The molecule has 0 amide bonds. The van der Waals surface area contributed by atoms with Gasteiger partial charge < -0.3 is 0 Å². The van der Waals surface area contributed by atoms with E-state index < -0.39 is 9.84 Å². The third-order valence-electron chi connectivity index (χ3n) is 2.69. The smallest absolute Gasteiger partial charge is 0.164 e. The Morgan fingerprint density at radius 3 is 2.00 bits per heavy atom. The summed E-state index contributed by atoms with van der Waals surface area (Å²) in [6, 6.07) is 0. The molecule has 0 spiro atoms. The first-order valence-electron chi connectivity index (χ1n) is 5.91. The molecule has 0 aliphatic rings. The van der Waals surface area contributed by atoms with Gasteiger partial charge in [0.15, 0.2) is 9.84 Å². The molecule has 0 N–H and O–H groups in total. The molecule has 5 heteroatoms. The van der Waals surface area contributed by atoms with Gasteiger partial charge in [-0.3, -0.25) is 0 Å². The summed E-state index contributed by atoms with van der Waals surface area (Å²) < 4.78 is 23.9. The largest absolute Gasteiger partial charge is 0.228 e. The topological polar surface area (TPSA) is 34.1 Å². The lowest BCUT2D eigenvalue weighted by molar-refractivity contribution is 0.548. The minimum absolute atomic E-state index is 0.0720. The van der Waals surface area contributed by atoms with E-state index in [0.717, 1.165) is 38.5 Å². The van der Waals surface area contributed by atoms with Crippen molar-refractivity contribution in [1.82, 2.24) is 0 Å². The average molecular weight is 378 g/mol. The van der Waals surface area contributed by atoms with Crippen LogP contribution in [-0.2, 0) is 9.84 Å². The Hall–Kier alpha value is 0.910. The highest BCUT2D eigenvalue weighted by molar-refractivity contribution is 9.11. The maximum Gasteiger partial charge on any atom is 0.164 e. The highest BCUT2D eigenvalue weighted by atomic mass is 79.9. The quantitative estimate of drug-likeness (QED) is 0.562. The number of alkyl halides is 2. The zero-order chi connectivity index (χ0) is 12.6. The van der Waals surface area contributed by atoms with Gasteiger partial charge in [-0.2, -0.15) is 0 Å². The van der Waals surface area contributed by atoms with Crippen molar-refractivity contribution in [2.24, 2.45) is 0 Å². The Bertz CT molecular complexity index is 265. The van der Waals surface area contributed by atoms with Crippen molar-refractivity contribution in [3.8, 4) is 0 Å². The van der Waals surface area contributed by atoms with Gasteiger partial charge in [-0.05, 0) is 12.8 Å². The predicted octanol–water partition coefficient (Wildman–Crippen LogP) is 4.27. The van der Waals surface area contributed by atoms with E-state index in [1.165, 1.54) is 0 Å². The fraction of sp³-hybridized carbons (Fsp3) is 1.00. The molecular formula is C11H22Br2O2S. The monoisotopic (exact) mass is 376 g/mol. The first kappa shape index (κ1) is 16.9. The first-order chi connectivity index (χ1) is 7.49. The van der Waals surface area contributed by atoms with Crippen LogP contribution in [-0.4, -0.2) is 23.2 Å². The van der Waals surface area contributed by atoms with E-state index >= 15 is 0 Å². The van der Waals surface area contributed by atoms with Crippen LogP contribution in [0.4, 0.5) is 0 Å². The lowest BCUT2D eigenvalue weighted by Crippen LogP contribution is -2.31. The second-order valence-electron chi connectivity index (χ2n) is 4.11. The second kappa shape index (κ2) is 8.92. The molecule has 0 aromatic rings. The highest BCUT2D eigenvalue weighted by Crippen LogP contribution is 2.25. The van der Waals surface area contributed by atoms with Gasteiger partial charge in [0.25, 0.3) is 0 Å². The van der Waals surface area contributed by atoms with Crippen LogP contribution < -0.4 is 0 Å². The molecule has 2 nitrogen and oxygen atoms in total. The third kappa shape index (κ3) is 6.01. The lowest BCUT2D eigenvalue weighted by Gasteiger charge is -2.21. The van der Waals surface area contributed by atoms with Gasteiger partial charge in [-0.1, -0.05) is 71.4 Å². The number of hydrogen-bond donors (Lipinski definition) is 0. The van der Waals surface area contributed by atoms with Crippen LogP contribution in [0.2, 0.25) is 0 Å². The van der Waals surface area contributed by atoms with Crippen molar-refractivity contribution in [3.63, 3.8) is 0 Å². The molecule has 98 valence electrons. The molecule has 0 bridgehead atoms. The van der Waals surface area contributed by atoms with Crippen molar-refractivity contribution in [2.75, 3.05) is 4.66 Å². The van der Waals surface area contributed by atoms with E-state index in [-0.39, 0.29) is 14.7 Å². The normalized spacial score (nSPS) is 16.0. The number of unbranched alkanes of at least 4 members (excludes halogenated alkanes) is 2. The molecule has 0 aromatic heterocycles. The van der Waals surface area contributed by atoms with Gasteiger partial charge in [0.1, 0.15) is 4.66 Å². The van der Waals surface area contributed by atoms with E-state index in [0.29, 0.717) is 0 Å². The molecule has 2 unspecified atom stereocenters. The summed E-state index contributed by atoms with van der Waals surface area (Å²) in [5, 5.41) is -0.238. The van der Waals surface area contributed by atoms with Crippen LogP contribution >= 0.6 is 31.9 Å². The van der Waals surface area contributed by atoms with E-state index in [9.17, 15) is 8.42 Å². The number of hydrogen-bond acceptors (Lipinski definition) is 2. The minimum Gasteiger partial charge on any atom is -0.228 e. The van der Waals surface area contributed by atoms with E-state index in [2.05, 4.69) is 45.7 Å². The summed E-state index contributed by atoms with van der Waals surface area (Å²) in [6.45, 7) is 4.22. The Kier molecular flexibility index (Phi) is 9.43. The molecule has 0 aromatic carbocycles. The zero-order valence-electron chi connectivity index (χ0n) is 10.1. The van der Waals surface area contributed by atoms with E-state index in [4.69, 9.17) is 0 Å². The Morgan fingerprint density at radius 2 is 1.56 bits per heavy atom. The van der Waals surface area contributed by atoms with E-state index in [1.54, 1.807) is 0 Å². The van der Waals surface area contributed by atoms with Gasteiger partial charge in [0.05, 0.1) is 5.25 Å². The van der Waals surface area contributed by atoms with E-state index in [1.807, 2.05) is 0 Å². The SMILES string of the molecule is CCCCC(Br)C(CCCC)S(=O)(=O)CBr. The summed E-state index contributed by atoms with van der Waals surface area (Å²) in [6.07, 6.45) is 5.92. The molecule has 16 heavy (non-hydrogen) atoms. The Balaban J connectivity index is 4.53. The standard InChI is InChI=1S/C11H22Br2O2S/c1-3-5-7-10(13)11(8-6-4-2)16(14,15)9-12/h10-11H,3-9H2,1-2H3. The molecule has 2 atom stereocenters. The van der Waals surface area contributed by atoms with Crippen LogP contribution in [0.25, 0.3) is 0 Å². The van der Waals surface area contributed by atoms with Crippen molar-refractivity contribution in [3.05, 3.63) is 0 Å². The maximum atomic E-state index is 11.9. The number of sulfone groups is 1. The molecule has 0 aliphatic carbocycles. The van der Waals surface area contributed by atoms with Crippen LogP contribution in [0.3, 0.4) is 0 Å². The second-order valence-corrected chi connectivity index (χ2v) is 8.81. The van der Waals surface area contributed by atoms with Crippen molar-refractivity contribution >= 4 is 41.7 Å². The maximum absolute atomic E-state index is 11.9. The predicted molar refractivity (Wildman–Crippen MR) is 78.3 cm³/mol. The molecule has 0 fully saturated rings.